The van der Waals surface area contributed by atoms with Gasteiger partial charge in [0.05, 0.1) is 6.20 Å². The van der Waals surface area contributed by atoms with Gasteiger partial charge in [-0.3, -0.25) is 4.79 Å². The van der Waals surface area contributed by atoms with Crippen molar-refractivity contribution in [2.24, 2.45) is 5.73 Å². The first kappa shape index (κ1) is 10.6. The maximum Gasteiger partial charge on any atom is 0.286 e. The zero-order chi connectivity index (χ0) is 11.7. The number of nitrogens with two attached hydrogens (primary N) is 1. The first-order chi connectivity index (χ1) is 7.56. The van der Waals surface area contributed by atoms with Gasteiger partial charge in [0, 0.05) is 10.6 Å². The highest BCUT2D eigenvalue weighted by atomic mass is 35.5. The Hall–Kier alpha value is -1.88. The van der Waals surface area contributed by atoms with Gasteiger partial charge in [-0.25, -0.2) is 9.37 Å². The average molecular weight is 241 g/mol. The Balaban J connectivity index is 2.46. The van der Waals surface area contributed by atoms with Crippen molar-refractivity contribution in [1.82, 2.24) is 4.98 Å². The van der Waals surface area contributed by atoms with E-state index >= 15 is 0 Å². The van der Waals surface area contributed by atoms with Crippen LogP contribution in [0.25, 0.3) is 11.5 Å². The molecule has 0 fully saturated rings. The number of hydrogen-bond donors (Lipinski definition) is 1. The zero-order valence-electron chi connectivity index (χ0n) is 7.91. The smallest absolute Gasteiger partial charge is 0.286 e. The molecule has 0 radical (unpaired) electrons. The van der Waals surface area contributed by atoms with Gasteiger partial charge in [-0.15, -0.1) is 0 Å². The standard InChI is InChI=1S/C10H6ClFN2O2/c11-6-1-5(2-7(12)3-6)10-14-4-8(16-10)9(13)15/h1-4H,(H2,13,15). The highest BCUT2D eigenvalue weighted by Crippen LogP contribution is 2.23. The summed E-state index contributed by atoms with van der Waals surface area (Å²) in [7, 11) is 0. The number of aromatic nitrogens is 1. The molecule has 0 bridgehead atoms. The molecule has 0 aliphatic heterocycles. The molecule has 1 aromatic carbocycles. The molecular weight excluding hydrogens is 235 g/mol. The van der Waals surface area contributed by atoms with Crippen LogP contribution in [0.5, 0.6) is 0 Å². The Morgan fingerprint density at radius 3 is 2.75 bits per heavy atom. The molecule has 0 saturated carbocycles. The van der Waals surface area contributed by atoms with Crippen LogP contribution in [0.2, 0.25) is 5.02 Å². The van der Waals surface area contributed by atoms with Crippen molar-refractivity contribution < 1.29 is 13.6 Å². The largest absolute Gasteiger partial charge is 0.431 e. The van der Waals surface area contributed by atoms with E-state index in [0.29, 0.717) is 5.56 Å². The highest BCUT2D eigenvalue weighted by molar-refractivity contribution is 6.30. The lowest BCUT2D eigenvalue weighted by Gasteiger charge is -1.97. The summed E-state index contributed by atoms with van der Waals surface area (Å²) >= 11 is 5.67. The molecule has 82 valence electrons. The molecule has 4 nitrogen and oxygen atoms in total. The van der Waals surface area contributed by atoms with Gasteiger partial charge in [-0.1, -0.05) is 11.6 Å². The Morgan fingerprint density at radius 1 is 1.44 bits per heavy atom. The van der Waals surface area contributed by atoms with Crippen LogP contribution in [0.15, 0.2) is 28.8 Å². The summed E-state index contributed by atoms with van der Waals surface area (Å²) < 4.78 is 18.1. The monoisotopic (exact) mass is 240 g/mol. The van der Waals surface area contributed by atoms with E-state index in [9.17, 15) is 9.18 Å². The first-order valence-corrected chi connectivity index (χ1v) is 4.66. The van der Waals surface area contributed by atoms with E-state index in [4.69, 9.17) is 21.8 Å². The number of carbonyl (C=O) groups excluding carboxylic acids is 1. The summed E-state index contributed by atoms with van der Waals surface area (Å²) in [5.74, 6) is -1.24. The second-order valence-corrected chi connectivity index (χ2v) is 3.49. The van der Waals surface area contributed by atoms with Crippen LogP contribution in [0, 0.1) is 5.82 Å². The first-order valence-electron chi connectivity index (χ1n) is 4.28. The number of primary amides is 1. The van der Waals surface area contributed by atoms with Gasteiger partial charge in [0.2, 0.25) is 11.7 Å². The number of carbonyl (C=O) groups is 1. The quantitative estimate of drug-likeness (QED) is 0.875. The third kappa shape index (κ3) is 2.04. The van der Waals surface area contributed by atoms with Crippen molar-refractivity contribution in [3.63, 3.8) is 0 Å². The third-order valence-electron chi connectivity index (χ3n) is 1.86. The average Bonchev–Trinajstić information content (AvgIpc) is 2.64. The van der Waals surface area contributed by atoms with Crippen LogP contribution in [0.3, 0.4) is 0 Å². The fraction of sp³-hybridized carbons (Fsp3) is 0. The summed E-state index contributed by atoms with van der Waals surface area (Å²) in [5, 5.41) is 0.217. The molecular formula is C10H6ClFN2O2. The number of oxazole rings is 1. The molecule has 1 aromatic heterocycles. The Morgan fingerprint density at radius 2 is 2.19 bits per heavy atom. The molecule has 0 saturated heterocycles. The van der Waals surface area contributed by atoms with Gasteiger partial charge < -0.3 is 10.2 Å². The van der Waals surface area contributed by atoms with Crippen LogP contribution in [-0.2, 0) is 0 Å². The zero-order valence-corrected chi connectivity index (χ0v) is 8.66. The van der Waals surface area contributed by atoms with Crippen molar-refractivity contribution in [1.29, 1.82) is 0 Å². The maximum absolute atomic E-state index is 13.0. The molecule has 6 heteroatoms. The molecule has 0 unspecified atom stereocenters. The van der Waals surface area contributed by atoms with E-state index in [2.05, 4.69) is 4.98 Å². The normalized spacial score (nSPS) is 10.4. The SMILES string of the molecule is NC(=O)c1cnc(-c2cc(F)cc(Cl)c2)o1. The van der Waals surface area contributed by atoms with Crippen molar-refractivity contribution in [3.8, 4) is 11.5 Å². The number of benzene rings is 1. The topological polar surface area (TPSA) is 69.1 Å². The van der Waals surface area contributed by atoms with Crippen LogP contribution >= 0.6 is 11.6 Å². The molecule has 0 spiro atoms. The van der Waals surface area contributed by atoms with E-state index in [1.165, 1.54) is 18.3 Å². The fourth-order valence-electron chi connectivity index (χ4n) is 1.20. The van der Waals surface area contributed by atoms with E-state index in [1.807, 2.05) is 0 Å². The van der Waals surface area contributed by atoms with E-state index in [-0.39, 0.29) is 16.7 Å². The number of nitrogens with zero attached hydrogens (tertiary/aromatic N) is 1. The Labute approximate surface area is 94.8 Å². The molecule has 1 amide bonds. The van der Waals surface area contributed by atoms with E-state index in [0.717, 1.165) is 6.07 Å². The number of halogens is 2. The molecule has 16 heavy (non-hydrogen) atoms. The summed E-state index contributed by atoms with van der Waals surface area (Å²) in [4.78, 5) is 14.6. The minimum absolute atomic E-state index is 0.0876. The van der Waals surface area contributed by atoms with Gasteiger partial charge in [0.15, 0.2) is 0 Å². The van der Waals surface area contributed by atoms with Crippen molar-refractivity contribution in [2.45, 2.75) is 0 Å². The maximum atomic E-state index is 13.0. The van der Waals surface area contributed by atoms with Gasteiger partial charge in [0.1, 0.15) is 5.82 Å². The summed E-state index contributed by atoms with van der Waals surface area (Å²) in [6.07, 6.45) is 1.18. The lowest BCUT2D eigenvalue weighted by atomic mass is 10.2. The van der Waals surface area contributed by atoms with Crippen LogP contribution in [0.1, 0.15) is 10.6 Å². The molecule has 2 N–H and O–H groups in total. The second-order valence-electron chi connectivity index (χ2n) is 3.05. The van der Waals surface area contributed by atoms with Gasteiger partial charge in [0.25, 0.3) is 5.91 Å². The van der Waals surface area contributed by atoms with Crippen LogP contribution < -0.4 is 5.73 Å². The number of rotatable bonds is 2. The van der Waals surface area contributed by atoms with Gasteiger partial charge in [-0.2, -0.15) is 0 Å². The summed E-state index contributed by atoms with van der Waals surface area (Å²) in [5.41, 5.74) is 5.34. The van der Waals surface area contributed by atoms with E-state index in [1.54, 1.807) is 0 Å². The van der Waals surface area contributed by atoms with Crippen molar-refractivity contribution >= 4 is 17.5 Å². The summed E-state index contributed by atoms with van der Waals surface area (Å²) in [6.45, 7) is 0. The van der Waals surface area contributed by atoms with Crippen molar-refractivity contribution in [3.05, 3.63) is 41.0 Å². The highest BCUT2D eigenvalue weighted by Gasteiger charge is 2.11. The number of amides is 1. The predicted molar refractivity (Wildman–Crippen MR) is 55.4 cm³/mol. The Bertz CT molecular complexity index is 533. The van der Waals surface area contributed by atoms with Crippen LogP contribution in [0.4, 0.5) is 4.39 Å². The molecule has 0 aliphatic rings. The predicted octanol–water partition coefficient (Wildman–Crippen LogP) is 2.23. The van der Waals surface area contributed by atoms with Crippen LogP contribution in [-0.4, -0.2) is 10.9 Å². The fourth-order valence-corrected chi connectivity index (χ4v) is 1.42. The minimum atomic E-state index is -0.735. The molecule has 0 atom stereocenters. The summed E-state index contributed by atoms with van der Waals surface area (Å²) in [6, 6.07) is 3.83. The molecule has 1 heterocycles. The lowest BCUT2D eigenvalue weighted by molar-refractivity contribution is 0.0975. The van der Waals surface area contributed by atoms with Gasteiger partial charge >= 0.3 is 0 Å². The molecule has 0 aliphatic carbocycles. The van der Waals surface area contributed by atoms with E-state index < -0.39 is 11.7 Å². The molecule has 2 aromatic rings. The second kappa shape index (κ2) is 3.94. The van der Waals surface area contributed by atoms with Gasteiger partial charge in [-0.05, 0) is 18.2 Å². The molecule has 2 rings (SSSR count). The number of hydrogen-bond acceptors (Lipinski definition) is 3. The Kier molecular flexibility index (Phi) is 2.62. The third-order valence-corrected chi connectivity index (χ3v) is 2.08. The van der Waals surface area contributed by atoms with Crippen molar-refractivity contribution in [2.75, 3.05) is 0 Å². The minimum Gasteiger partial charge on any atom is -0.431 e. The lowest BCUT2D eigenvalue weighted by Crippen LogP contribution is -2.09.